The van der Waals surface area contributed by atoms with E-state index in [1.54, 1.807) is 12.1 Å². The van der Waals surface area contributed by atoms with Crippen LogP contribution in [0.25, 0.3) is 0 Å². The number of nitrogens with one attached hydrogen (secondary N) is 1. The molecule has 0 radical (unpaired) electrons. The van der Waals surface area contributed by atoms with Crippen LogP contribution in [0.3, 0.4) is 0 Å². The van der Waals surface area contributed by atoms with E-state index in [1.165, 1.54) is 0 Å². The molecule has 3 saturated heterocycles. The number of carbonyl (C=O) groups is 4. The minimum atomic E-state index is -0.953. The van der Waals surface area contributed by atoms with Gasteiger partial charge in [-0.2, -0.15) is 0 Å². The molecule has 0 aromatic heterocycles. The van der Waals surface area contributed by atoms with Crippen LogP contribution in [-0.4, -0.2) is 72.3 Å². The number of likely N-dealkylation sites (tertiary alicyclic amines) is 1. The van der Waals surface area contributed by atoms with Crippen LogP contribution in [0.5, 0.6) is 0 Å². The Morgan fingerprint density at radius 2 is 2.03 bits per heavy atom. The molecule has 3 N–H and O–H groups in total. The number of rotatable bonds is 4. The number of ether oxygens (including phenoxy) is 1. The molecule has 9 heteroatoms. The van der Waals surface area contributed by atoms with Gasteiger partial charge in [-0.25, -0.2) is 0 Å². The lowest BCUT2D eigenvalue weighted by Gasteiger charge is -2.37. The fraction of sp³-hybridized carbons (Fsp3) is 0.545. The zero-order chi connectivity index (χ0) is 21.8. The Balaban J connectivity index is 1.40. The third-order valence-electron chi connectivity index (χ3n) is 7.30. The van der Waals surface area contributed by atoms with Gasteiger partial charge in [-0.1, -0.05) is 12.1 Å². The average Bonchev–Trinajstić information content (AvgIpc) is 3.24. The predicted octanol–water partition coefficient (Wildman–Crippen LogP) is -0.115. The first-order chi connectivity index (χ1) is 14.9. The lowest BCUT2D eigenvalue weighted by Crippen LogP contribution is -2.54. The lowest BCUT2D eigenvalue weighted by molar-refractivity contribution is -0.136. The molecule has 1 aromatic carbocycles. The summed E-state index contributed by atoms with van der Waals surface area (Å²) in [5.74, 6) is -1.55. The quantitative estimate of drug-likeness (QED) is 0.644. The number of hydrogen-bond donors (Lipinski definition) is 2. The van der Waals surface area contributed by atoms with E-state index >= 15 is 0 Å². The Hall–Kier alpha value is -2.62. The van der Waals surface area contributed by atoms with Crippen LogP contribution in [0, 0.1) is 11.3 Å². The second kappa shape index (κ2) is 7.51. The van der Waals surface area contributed by atoms with E-state index in [1.807, 2.05) is 6.07 Å². The van der Waals surface area contributed by atoms with E-state index in [0.717, 1.165) is 36.6 Å². The summed E-state index contributed by atoms with van der Waals surface area (Å²) in [5, 5.41) is 2.23. The molecule has 0 bridgehead atoms. The average molecular weight is 426 g/mol. The van der Waals surface area contributed by atoms with Crippen molar-refractivity contribution in [2.24, 2.45) is 17.1 Å². The van der Waals surface area contributed by atoms with Gasteiger partial charge in [-0.05, 0) is 31.0 Å². The van der Waals surface area contributed by atoms with E-state index in [9.17, 15) is 19.2 Å². The van der Waals surface area contributed by atoms with Gasteiger partial charge in [0.2, 0.25) is 11.8 Å². The standard InChI is InChI=1S/C22H26N4O5/c23-11-22-6-7-31-10-14(22)9-25(12-22)8-13-2-1-3-15-18(13)21(30)26(20(15)29)16-4-5-17(27)24-19(16)28/h1-3,14,16H,4-12,23H2,(H,24,27,28)/t14-,16?,22+/m0/s1. The van der Waals surface area contributed by atoms with Crippen molar-refractivity contribution in [1.82, 2.24) is 15.1 Å². The van der Waals surface area contributed by atoms with Crippen molar-refractivity contribution < 1.29 is 23.9 Å². The van der Waals surface area contributed by atoms with E-state index < -0.39 is 23.8 Å². The molecule has 164 valence electrons. The minimum absolute atomic E-state index is 0.0365. The summed E-state index contributed by atoms with van der Waals surface area (Å²) >= 11 is 0. The Kier molecular flexibility index (Phi) is 4.91. The molecule has 4 aliphatic heterocycles. The van der Waals surface area contributed by atoms with Gasteiger partial charge in [0, 0.05) is 44.0 Å². The number of nitrogens with zero attached hydrogens (tertiary/aromatic N) is 2. The first-order valence-corrected chi connectivity index (χ1v) is 10.8. The highest BCUT2D eigenvalue weighted by Crippen LogP contribution is 2.42. The lowest BCUT2D eigenvalue weighted by atomic mass is 9.74. The van der Waals surface area contributed by atoms with Crippen LogP contribution in [0.15, 0.2) is 18.2 Å². The van der Waals surface area contributed by atoms with Crippen LogP contribution in [0.2, 0.25) is 0 Å². The molecule has 3 atom stereocenters. The van der Waals surface area contributed by atoms with Crippen LogP contribution >= 0.6 is 0 Å². The summed E-state index contributed by atoms with van der Waals surface area (Å²) in [6.45, 7) is 4.21. The van der Waals surface area contributed by atoms with Crippen LogP contribution in [0.1, 0.15) is 45.5 Å². The van der Waals surface area contributed by atoms with Crippen LogP contribution < -0.4 is 11.1 Å². The second-order valence-corrected chi connectivity index (χ2v) is 9.04. The Labute approximate surface area is 179 Å². The molecule has 31 heavy (non-hydrogen) atoms. The van der Waals surface area contributed by atoms with Crippen molar-refractivity contribution in [3.63, 3.8) is 0 Å². The zero-order valence-corrected chi connectivity index (χ0v) is 17.3. The summed E-state index contributed by atoms with van der Waals surface area (Å²) in [7, 11) is 0. The minimum Gasteiger partial charge on any atom is -0.381 e. The fourth-order valence-electron chi connectivity index (χ4n) is 5.57. The first-order valence-electron chi connectivity index (χ1n) is 10.8. The molecule has 4 aliphatic rings. The van der Waals surface area contributed by atoms with Crippen LogP contribution in [-0.2, 0) is 20.9 Å². The van der Waals surface area contributed by atoms with Crippen molar-refractivity contribution in [3.05, 3.63) is 34.9 Å². The highest BCUT2D eigenvalue weighted by atomic mass is 16.5. The van der Waals surface area contributed by atoms with Gasteiger partial charge in [0.05, 0.1) is 17.7 Å². The van der Waals surface area contributed by atoms with Crippen molar-refractivity contribution in [1.29, 1.82) is 0 Å². The number of fused-ring (bicyclic) bond motifs is 2. The van der Waals surface area contributed by atoms with Gasteiger partial charge < -0.3 is 10.5 Å². The molecule has 4 heterocycles. The monoisotopic (exact) mass is 426 g/mol. The van der Waals surface area contributed by atoms with Gasteiger partial charge in [-0.3, -0.25) is 34.3 Å². The molecule has 3 fully saturated rings. The van der Waals surface area contributed by atoms with Gasteiger partial charge in [0.1, 0.15) is 6.04 Å². The molecule has 0 aliphatic carbocycles. The number of nitrogens with two attached hydrogens (primary N) is 1. The smallest absolute Gasteiger partial charge is 0.262 e. The number of piperidine rings is 1. The topological polar surface area (TPSA) is 122 Å². The first kappa shape index (κ1) is 20.3. The molecular weight excluding hydrogens is 400 g/mol. The van der Waals surface area contributed by atoms with Crippen molar-refractivity contribution in [2.75, 3.05) is 32.8 Å². The predicted molar refractivity (Wildman–Crippen MR) is 109 cm³/mol. The van der Waals surface area contributed by atoms with Crippen molar-refractivity contribution in [3.8, 4) is 0 Å². The molecule has 1 aromatic rings. The number of amides is 4. The third kappa shape index (κ3) is 3.19. The van der Waals surface area contributed by atoms with Gasteiger partial charge in [0.25, 0.3) is 11.8 Å². The zero-order valence-electron chi connectivity index (χ0n) is 17.3. The molecule has 0 saturated carbocycles. The highest BCUT2D eigenvalue weighted by molar-refractivity contribution is 6.24. The largest absolute Gasteiger partial charge is 0.381 e. The maximum absolute atomic E-state index is 13.3. The summed E-state index contributed by atoms with van der Waals surface area (Å²) in [4.78, 5) is 53.4. The van der Waals surface area contributed by atoms with Crippen molar-refractivity contribution in [2.45, 2.75) is 31.8 Å². The maximum Gasteiger partial charge on any atom is 0.262 e. The molecule has 4 amide bonds. The summed E-state index contributed by atoms with van der Waals surface area (Å²) in [6, 6.07) is 4.32. The third-order valence-corrected chi connectivity index (χ3v) is 7.30. The van der Waals surface area contributed by atoms with Gasteiger partial charge in [-0.15, -0.1) is 0 Å². The van der Waals surface area contributed by atoms with E-state index in [-0.39, 0.29) is 24.2 Å². The number of imide groups is 2. The Morgan fingerprint density at radius 3 is 2.77 bits per heavy atom. The number of hydrogen-bond acceptors (Lipinski definition) is 7. The van der Waals surface area contributed by atoms with E-state index in [0.29, 0.717) is 36.7 Å². The fourth-order valence-corrected chi connectivity index (χ4v) is 5.57. The van der Waals surface area contributed by atoms with E-state index in [4.69, 9.17) is 10.5 Å². The normalized spacial score (nSPS) is 31.1. The van der Waals surface area contributed by atoms with Gasteiger partial charge in [0.15, 0.2) is 0 Å². The SMILES string of the molecule is NC[C@@]12CCOC[C@@H]1CN(Cc1cccc3c1C(=O)N(C1CCC(=O)NC1=O)C3=O)C2. The second-order valence-electron chi connectivity index (χ2n) is 9.04. The van der Waals surface area contributed by atoms with Gasteiger partial charge >= 0.3 is 0 Å². The Bertz CT molecular complexity index is 979. The summed E-state index contributed by atoms with van der Waals surface area (Å²) in [6.07, 6.45) is 1.19. The molecule has 0 spiro atoms. The molecule has 9 nitrogen and oxygen atoms in total. The Morgan fingerprint density at radius 1 is 1.19 bits per heavy atom. The van der Waals surface area contributed by atoms with Crippen molar-refractivity contribution >= 4 is 23.6 Å². The highest BCUT2D eigenvalue weighted by Gasteiger charge is 2.49. The van der Waals surface area contributed by atoms with E-state index in [2.05, 4.69) is 10.2 Å². The summed E-state index contributed by atoms with van der Waals surface area (Å²) < 4.78 is 5.66. The molecule has 5 rings (SSSR count). The number of benzene rings is 1. The maximum atomic E-state index is 13.3. The summed E-state index contributed by atoms with van der Waals surface area (Å²) in [5.41, 5.74) is 7.64. The van der Waals surface area contributed by atoms with Crippen LogP contribution in [0.4, 0.5) is 0 Å². The molecule has 1 unspecified atom stereocenters. The number of carbonyl (C=O) groups excluding carboxylic acids is 4. The molecular formula is C22H26N4O5.